The highest BCUT2D eigenvalue weighted by Gasteiger charge is 2.14. The SMILES string of the molecule is C/C(=N\NC(=O)C(=O)Nc1ccc(C)c(C)c1)c1ccc(OC(=O)c2ccccc2Br)cc1. The summed E-state index contributed by atoms with van der Waals surface area (Å²) in [5.74, 6) is -1.82. The molecule has 8 heteroatoms. The first kappa shape index (κ1) is 23.9. The van der Waals surface area contributed by atoms with Gasteiger partial charge in [0, 0.05) is 10.2 Å². The van der Waals surface area contributed by atoms with Crippen molar-refractivity contribution < 1.29 is 19.1 Å². The van der Waals surface area contributed by atoms with Gasteiger partial charge in [0.25, 0.3) is 0 Å². The van der Waals surface area contributed by atoms with Crippen LogP contribution in [0.1, 0.15) is 34.0 Å². The van der Waals surface area contributed by atoms with Crippen molar-refractivity contribution in [1.82, 2.24) is 5.43 Å². The molecule has 7 nitrogen and oxygen atoms in total. The number of hydrogen-bond donors (Lipinski definition) is 2. The van der Waals surface area contributed by atoms with Gasteiger partial charge in [0.1, 0.15) is 5.75 Å². The molecule has 33 heavy (non-hydrogen) atoms. The van der Waals surface area contributed by atoms with Crippen LogP contribution >= 0.6 is 15.9 Å². The van der Waals surface area contributed by atoms with E-state index in [-0.39, 0.29) is 0 Å². The van der Waals surface area contributed by atoms with Crippen molar-refractivity contribution in [3.05, 3.63) is 93.5 Å². The highest BCUT2D eigenvalue weighted by atomic mass is 79.9. The van der Waals surface area contributed by atoms with Gasteiger partial charge in [-0.3, -0.25) is 9.59 Å². The summed E-state index contributed by atoms with van der Waals surface area (Å²) < 4.78 is 6.03. The second kappa shape index (κ2) is 10.7. The molecule has 0 unspecified atom stereocenters. The maximum Gasteiger partial charge on any atom is 0.344 e. The first-order chi connectivity index (χ1) is 15.7. The fraction of sp³-hybridized carbons (Fsp3) is 0.120. The van der Waals surface area contributed by atoms with Crippen LogP contribution in [0.3, 0.4) is 0 Å². The van der Waals surface area contributed by atoms with E-state index in [9.17, 15) is 14.4 Å². The molecule has 2 amide bonds. The molecule has 2 N–H and O–H groups in total. The standard InChI is InChI=1S/C25H22BrN3O4/c1-15-8-11-19(14-16(15)2)27-23(30)24(31)29-28-17(3)18-9-12-20(13-10-18)33-25(32)21-6-4-5-7-22(21)26/h4-14H,1-3H3,(H,27,30)(H,29,31)/b28-17+. The Bertz CT molecular complexity index is 1240. The first-order valence-corrected chi connectivity index (χ1v) is 10.8. The summed E-state index contributed by atoms with van der Waals surface area (Å²) in [6, 6.07) is 19.0. The van der Waals surface area contributed by atoms with E-state index in [0.717, 1.165) is 11.1 Å². The van der Waals surface area contributed by atoms with Crippen molar-refractivity contribution in [2.45, 2.75) is 20.8 Å². The Hall–Kier alpha value is -3.78. The van der Waals surface area contributed by atoms with Gasteiger partial charge in [0.05, 0.1) is 11.3 Å². The van der Waals surface area contributed by atoms with E-state index in [1.54, 1.807) is 61.5 Å². The molecule has 0 atom stereocenters. The molecule has 0 saturated heterocycles. The number of benzene rings is 3. The predicted octanol–water partition coefficient (Wildman–Crippen LogP) is 4.76. The van der Waals surface area contributed by atoms with Crippen LogP contribution in [0.25, 0.3) is 0 Å². The molecule has 168 valence electrons. The normalized spacial score (nSPS) is 11.0. The van der Waals surface area contributed by atoms with Gasteiger partial charge in [0.15, 0.2) is 0 Å². The molecule has 0 radical (unpaired) electrons. The van der Waals surface area contributed by atoms with Crippen molar-refractivity contribution in [2.24, 2.45) is 5.10 Å². The number of rotatable bonds is 5. The van der Waals surface area contributed by atoms with Crippen LogP contribution in [0.15, 0.2) is 76.3 Å². The lowest BCUT2D eigenvalue weighted by Gasteiger charge is -2.08. The summed E-state index contributed by atoms with van der Waals surface area (Å²) >= 11 is 3.32. The first-order valence-electron chi connectivity index (χ1n) is 10.0. The number of aryl methyl sites for hydroxylation is 2. The number of anilines is 1. The number of nitrogens with zero attached hydrogens (tertiary/aromatic N) is 1. The number of hydrazone groups is 1. The second-order valence-electron chi connectivity index (χ2n) is 7.29. The van der Waals surface area contributed by atoms with Gasteiger partial charge in [-0.05, 0) is 102 Å². The summed E-state index contributed by atoms with van der Waals surface area (Å²) in [5.41, 5.74) is 6.46. The number of hydrogen-bond acceptors (Lipinski definition) is 5. The zero-order chi connectivity index (χ0) is 24.0. The molecule has 0 aliphatic heterocycles. The number of carbonyl (C=O) groups is 3. The fourth-order valence-electron chi connectivity index (χ4n) is 2.81. The van der Waals surface area contributed by atoms with E-state index in [1.165, 1.54) is 0 Å². The lowest BCUT2D eigenvalue weighted by molar-refractivity contribution is -0.136. The van der Waals surface area contributed by atoms with Crippen LogP contribution in [-0.2, 0) is 9.59 Å². The predicted molar refractivity (Wildman–Crippen MR) is 130 cm³/mol. The average Bonchev–Trinajstić information content (AvgIpc) is 2.80. The van der Waals surface area contributed by atoms with Crippen LogP contribution < -0.4 is 15.5 Å². The topological polar surface area (TPSA) is 96.9 Å². The zero-order valence-electron chi connectivity index (χ0n) is 18.3. The van der Waals surface area contributed by atoms with E-state index >= 15 is 0 Å². The Labute approximate surface area is 200 Å². The largest absolute Gasteiger partial charge is 0.423 e. The molecule has 0 aromatic heterocycles. The molecular weight excluding hydrogens is 486 g/mol. The Morgan fingerprint density at radius 2 is 1.58 bits per heavy atom. The molecule has 3 aromatic rings. The number of ether oxygens (including phenoxy) is 1. The minimum atomic E-state index is -0.883. The van der Waals surface area contributed by atoms with Gasteiger partial charge in [0.2, 0.25) is 0 Å². The van der Waals surface area contributed by atoms with E-state index in [2.05, 4.69) is 31.8 Å². The van der Waals surface area contributed by atoms with Crippen LogP contribution in [0.2, 0.25) is 0 Å². The van der Waals surface area contributed by atoms with Gasteiger partial charge >= 0.3 is 17.8 Å². The molecule has 0 bridgehead atoms. The Morgan fingerprint density at radius 1 is 0.879 bits per heavy atom. The second-order valence-corrected chi connectivity index (χ2v) is 8.14. The summed E-state index contributed by atoms with van der Waals surface area (Å²) in [6.07, 6.45) is 0. The lowest BCUT2D eigenvalue weighted by atomic mass is 10.1. The van der Waals surface area contributed by atoms with Crippen molar-refractivity contribution in [2.75, 3.05) is 5.32 Å². The van der Waals surface area contributed by atoms with Gasteiger partial charge in [-0.15, -0.1) is 0 Å². The molecule has 0 fully saturated rings. The minimum absolute atomic E-state index is 0.365. The van der Waals surface area contributed by atoms with Crippen molar-refractivity contribution >= 4 is 45.1 Å². The molecule has 0 heterocycles. The third kappa shape index (κ3) is 6.36. The summed E-state index contributed by atoms with van der Waals surface area (Å²) in [7, 11) is 0. The van der Waals surface area contributed by atoms with Crippen molar-refractivity contribution in [1.29, 1.82) is 0 Å². The number of nitrogens with one attached hydrogen (secondary N) is 2. The number of amides is 2. The highest BCUT2D eigenvalue weighted by Crippen LogP contribution is 2.20. The van der Waals surface area contributed by atoms with E-state index in [4.69, 9.17) is 4.74 Å². The summed E-state index contributed by atoms with van der Waals surface area (Å²) in [4.78, 5) is 36.5. The quantitative estimate of drug-likeness (QED) is 0.171. The van der Waals surface area contributed by atoms with Crippen LogP contribution in [0, 0.1) is 13.8 Å². The zero-order valence-corrected chi connectivity index (χ0v) is 19.9. The Kier molecular flexibility index (Phi) is 7.74. The molecule has 3 rings (SSSR count). The van der Waals surface area contributed by atoms with Gasteiger partial charge in [-0.2, -0.15) is 5.10 Å². The van der Waals surface area contributed by atoms with Crippen LogP contribution in [0.4, 0.5) is 5.69 Å². The van der Waals surface area contributed by atoms with Gasteiger partial charge < -0.3 is 10.1 Å². The van der Waals surface area contributed by atoms with Crippen LogP contribution in [-0.4, -0.2) is 23.5 Å². The summed E-state index contributed by atoms with van der Waals surface area (Å²) in [5, 5.41) is 6.53. The third-order valence-corrected chi connectivity index (χ3v) is 5.56. The molecule has 0 aliphatic rings. The summed E-state index contributed by atoms with van der Waals surface area (Å²) in [6.45, 7) is 5.57. The van der Waals surface area contributed by atoms with Gasteiger partial charge in [-0.1, -0.05) is 18.2 Å². The van der Waals surface area contributed by atoms with Gasteiger partial charge in [-0.25, -0.2) is 10.2 Å². The lowest BCUT2D eigenvalue weighted by Crippen LogP contribution is -2.33. The molecule has 3 aromatic carbocycles. The number of carbonyl (C=O) groups excluding carboxylic acids is 3. The van der Waals surface area contributed by atoms with E-state index in [0.29, 0.717) is 32.7 Å². The molecule has 0 aliphatic carbocycles. The Morgan fingerprint density at radius 3 is 2.24 bits per heavy atom. The molecule has 0 spiro atoms. The smallest absolute Gasteiger partial charge is 0.344 e. The average molecular weight is 508 g/mol. The maximum absolute atomic E-state index is 12.3. The van der Waals surface area contributed by atoms with E-state index in [1.807, 2.05) is 26.0 Å². The minimum Gasteiger partial charge on any atom is -0.423 e. The molecule has 0 saturated carbocycles. The third-order valence-electron chi connectivity index (χ3n) is 4.87. The fourth-order valence-corrected chi connectivity index (χ4v) is 3.26. The number of esters is 1. The highest BCUT2D eigenvalue weighted by molar-refractivity contribution is 9.10. The maximum atomic E-state index is 12.3. The monoisotopic (exact) mass is 507 g/mol. The number of halogens is 1. The Balaban J connectivity index is 1.58. The van der Waals surface area contributed by atoms with Crippen molar-refractivity contribution in [3.63, 3.8) is 0 Å². The van der Waals surface area contributed by atoms with E-state index < -0.39 is 17.8 Å². The van der Waals surface area contributed by atoms with Crippen LogP contribution in [0.5, 0.6) is 5.75 Å². The van der Waals surface area contributed by atoms with Crippen molar-refractivity contribution in [3.8, 4) is 5.75 Å². The molecular formula is C25H22BrN3O4.